The zero-order valence-corrected chi connectivity index (χ0v) is 10.8. The van der Waals surface area contributed by atoms with Crippen LogP contribution in [-0.4, -0.2) is 28.9 Å². The fourth-order valence-electron chi connectivity index (χ4n) is 2.02. The monoisotopic (exact) mass is 256 g/mol. The molecule has 5 heteroatoms. The van der Waals surface area contributed by atoms with Gasteiger partial charge >= 0.3 is 11.9 Å². The number of carbonyl (C=O) groups is 2. The third-order valence-corrected chi connectivity index (χ3v) is 2.85. The second kappa shape index (κ2) is 6.54. The Balaban J connectivity index is 2.62. The molecule has 0 aromatic heterocycles. The molecule has 0 aromatic carbocycles. The summed E-state index contributed by atoms with van der Waals surface area (Å²) in [5, 5.41) is 10.2. The van der Waals surface area contributed by atoms with Crippen molar-refractivity contribution in [3.63, 3.8) is 0 Å². The molecule has 1 aliphatic rings. The highest BCUT2D eigenvalue weighted by molar-refractivity contribution is 5.68. The zero-order chi connectivity index (χ0) is 13.6. The molecule has 0 atom stereocenters. The first-order chi connectivity index (χ1) is 8.41. The molecule has 0 aliphatic heterocycles. The molecule has 1 aliphatic carbocycles. The van der Waals surface area contributed by atoms with Crippen LogP contribution >= 0.6 is 0 Å². The van der Waals surface area contributed by atoms with Crippen LogP contribution in [-0.2, 0) is 19.1 Å². The van der Waals surface area contributed by atoms with Gasteiger partial charge in [-0.2, -0.15) is 0 Å². The smallest absolute Gasteiger partial charge is 0.305 e. The Morgan fingerprint density at radius 1 is 1.11 bits per heavy atom. The first kappa shape index (κ1) is 14.7. The van der Waals surface area contributed by atoms with Gasteiger partial charge in [-0.3, -0.25) is 9.59 Å². The molecule has 0 amide bonds. The minimum atomic E-state index is -1.06. The largest absolute Gasteiger partial charge is 0.421 e. The summed E-state index contributed by atoms with van der Waals surface area (Å²) in [4.78, 5) is 21.7. The van der Waals surface area contributed by atoms with Crippen LogP contribution in [0.5, 0.6) is 0 Å². The van der Waals surface area contributed by atoms with Crippen molar-refractivity contribution >= 4 is 11.9 Å². The number of ether oxygens (including phenoxy) is 2. The minimum Gasteiger partial charge on any atom is -0.421 e. The first-order valence-corrected chi connectivity index (χ1v) is 6.17. The summed E-state index contributed by atoms with van der Waals surface area (Å²) in [5.41, 5.74) is -0.878. The summed E-state index contributed by atoms with van der Waals surface area (Å²) >= 11 is 0. The fourth-order valence-corrected chi connectivity index (χ4v) is 2.02. The number of aliphatic hydroxyl groups is 1. The van der Waals surface area contributed by atoms with Crippen molar-refractivity contribution in [1.82, 2.24) is 0 Å². The molecule has 1 N–H and O–H groups in total. The zero-order valence-electron chi connectivity index (χ0n) is 10.8. The van der Waals surface area contributed by atoms with Crippen LogP contribution in [0.4, 0.5) is 0 Å². The van der Waals surface area contributed by atoms with Gasteiger partial charge in [0, 0.05) is 13.8 Å². The highest BCUT2D eigenvalue weighted by Gasteiger charge is 2.26. The van der Waals surface area contributed by atoms with Gasteiger partial charge in [0.15, 0.2) is 0 Å². The lowest BCUT2D eigenvalue weighted by atomic mass is 9.84. The van der Waals surface area contributed by atoms with Crippen molar-refractivity contribution in [1.29, 1.82) is 0 Å². The number of hydrogen-bond donors (Lipinski definition) is 1. The second-order valence-corrected chi connectivity index (χ2v) is 4.61. The van der Waals surface area contributed by atoms with Crippen LogP contribution < -0.4 is 0 Å². The molecule has 5 nitrogen and oxygen atoms in total. The van der Waals surface area contributed by atoms with Crippen molar-refractivity contribution in [3.05, 3.63) is 12.2 Å². The molecule has 0 aromatic rings. The summed E-state index contributed by atoms with van der Waals surface area (Å²) in [6.07, 6.45) is 6.34. The quantitative estimate of drug-likeness (QED) is 0.471. The summed E-state index contributed by atoms with van der Waals surface area (Å²) in [7, 11) is 0. The van der Waals surface area contributed by atoms with Crippen molar-refractivity contribution in [2.75, 3.05) is 0 Å². The summed E-state index contributed by atoms with van der Waals surface area (Å²) in [5.74, 6) is -1.08. The average molecular weight is 256 g/mol. The lowest BCUT2D eigenvalue weighted by molar-refractivity contribution is -0.176. The van der Waals surface area contributed by atoms with Gasteiger partial charge in [0.05, 0.1) is 5.60 Å². The van der Waals surface area contributed by atoms with E-state index in [0.717, 1.165) is 19.3 Å². The van der Waals surface area contributed by atoms with Crippen LogP contribution in [0.1, 0.15) is 46.0 Å². The van der Waals surface area contributed by atoms with E-state index in [1.54, 1.807) is 6.08 Å². The van der Waals surface area contributed by atoms with Gasteiger partial charge in [-0.1, -0.05) is 19.3 Å². The first-order valence-electron chi connectivity index (χ1n) is 6.17. The van der Waals surface area contributed by atoms with E-state index < -0.39 is 23.8 Å². The van der Waals surface area contributed by atoms with E-state index in [0.29, 0.717) is 12.8 Å². The van der Waals surface area contributed by atoms with Gasteiger partial charge < -0.3 is 14.6 Å². The van der Waals surface area contributed by atoms with Crippen molar-refractivity contribution in [3.8, 4) is 0 Å². The Hall–Kier alpha value is -1.36. The highest BCUT2D eigenvalue weighted by Crippen LogP contribution is 2.29. The van der Waals surface area contributed by atoms with E-state index in [2.05, 4.69) is 0 Å². The molecule has 1 saturated carbocycles. The third-order valence-electron chi connectivity index (χ3n) is 2.85. The molecule has 102 valence electrons. The highest BCUT2D eigenvalue weighted by atomic mass is 16.7. The van der Waals surface area contributed by atoms with Gasteiger partial charge in [0.1, 0.15) is 0 Å². The van der Waals surface area contributed by atoms with Crippen LogP contribution in [0.3, 0.4) is 0 Å². The van der Waals surface area contributed by atoms with Crippen LogP contribution in [0.25, 0.3) is 0 Å². The molecule has 1 rings (SSSR count). The fraction of sp³-hybridized carbons (Fsp3) is 0.692. The van der Waals surface area contributed by atoms with Gasteiger partial charge in [-0.15, -0.1) is 0 Å². The van der Waals surface area contributed by atoms with Crippen molar-refractivity contribution in [2.45, 2.75) is 57.8 Å². The molecule has 0 saturated heterocycles. The van der Waals surface area contributed by atoms with Gasteiger partial charge in [-0.25, -0.2) is 0 Å². The maximum Gasteiger partial charge on any atom is 0.305 e. The van der Waals surface area contributed by atoms with E-state index in [1.807, 2.05) is 0 Å². The summed E-state index contributed by atoms with van der Waals surface area (Å²) in [6, 6.07) is 0. The Morgan fingerprint density at radius 2 is 1.61 bits per heavy atom. The second-order valence-electron chi connectivity index (χ2n) is 4.61. The Kier molecular flexibility index (Phi) is 5.34. The van der Waals surface area contributed by atoms with E-state index in [1.165, 1.54) is 19.9 Å². The van der Waals surface area contributed by atoms with Gasteiger partial charge in [0.25, 0.3) is 6.29 Å². The Morgan fingerprint density at radius 3 is 2.06 bits per heavy atom. The molecule has 0 bridgehead atoms. The molecule has 1 fully saturated rings. The van der Waals surface area contributed by atoms with Crippen LogP contribution in [0, 0.1) is 0 Å². The molecule has 0 spiro atoms. The number of rotatable bonds is 4. The topological polar surface area (TPSA) is 72.8 Å². The Bertz CT molecular complexity index is 312. The SMILES string of the molecule is CC(=O)OC(/C=C/C1(O)CCCCC1)OC(C)=O. The van der Waals surface area contributed by atoms with Crippen molar-refractivity contribution < 1.29 is 24.2 Å². The van der Waals surface area contributed by atoms with Crippen LogP contribution in [0.15, 0.2) is 12.2 Å². The summed E-state index contributed by atoms with van der Waals surface area (Å²) < 4.78 is 9.63. The molecular weight excluding hydrogens is 236 g/mol. The molecule has 0 heterocycles. The Labute approximate surface area is 107 Å². The normalized spacial score (nSPS) is 18.9. The number of hydrogen-bond acceptors (Lipinski definition) is 5. The summed E-state index contributed by atoms with van der Waals surface area (Å²) in [6.45, 7) is 2.47. The number of esters is 2. The average Bonchev–Trinajstić information content (AvgIpc) is 2.26. The van der Waals surface area contributed by atoms with Gasteiger partial charge in [-0.05, 0) is 25.0 Å². The molecule has 0 unspecified atom stereocenters. The molecule has 18 heavy (non-hydrogen) atoms. The van der Waals surface area contributed by atoms with Crippen LogP contribution in [0.2, 0.25) is 0 Å². The number of carbonyl (C=O) groups excluding carboxylic acids is 2. The predicted octanol–water partition coefficient (Wildman–Crippen LogP) is 1.69. The van der Waals surface area contributed by atoms with E-state index in [-0.39, 0.29) is 0 Å². The molecule has 0 radical (unpaired) electrons. The van der Waals surface area contributed by atoms with E-state index in [4.69, 9.17) is 9.47 Å². The standard InChI is InChI=1S/C13H20O5/c1-10(14)17-12(18-11(2)15)6-9-13(16)7-4-3-5-8-13/h6,9,12,16H,3-5,7-8H2,1-2H3/b9-6+. The maximum atomic E-state index is 10.9. The lowest BCUT2D eigenvalue weighted by Gasteiger charge is -2.29. The molecular formula is C13H20O5. The van der Waals surface area contributed by atoms with Gasteiger partial charge in [0.2, 0.25) is 0 Å². The minimum absolute atomic E-state index is 0.540. The van der Waals surface area contributed by atoms with E-state index >= 15 is 0 Å². The lowest BCUT2D eigenvalue weighted by Crippen LogP contribution is -2.30. The maximum absolute atomic E-state index is 10.9. The van der Waals surface area contributed by atoms with Crippen molar-refractivity contribution in [2.24, 2.45) is 0 Å². The third kappa shape index (κ3) is 5.31. The van der Waals surface area contributed by atoms with E-state index in [9.17, 15) is 14.7 Å². The predicted molar refractivity (Wildman–Crippen MR) is 64.5 cm³/mol.